The fourth-order valence-electron chi connectivity index (χ4n) is 2.89. The number of benzene rings is 1. The van der Waals surface area contributed by atoms with E-state index in [4.69, 9.17) is 0 Å². The highest BCUT2D eigenvalue weighted by Gasteiger charge is 2.36. The highest BCUT2D eigenvalue weighted by atomic mass is 79.9. The van der Waals surface area contributed by atoms with Crippen molar-refractivity contribution in [3.05, 3.63) is 35.9 Å². The number of nitrogens with one attached hydrogen (secondary N) is 1. The van der Waals surface area contributed by atoms with E-state index in [1.54, 1.807) is 0 Å². The molecule has 0 aromatic heterocycles. The molecule has 0 amide bonds. The van der Waals surface area contributed by atoms with Gasteiger partial charge in [0, 0.05) is 10.9 Å². The molecule has 20 heavy (non-hydrogen) atoms. The first-order chi connectivity index (χ1) is 9.46. The first-order valence-electron chi connectivity index (χ1n) is 7.09. The van der Waals surface area contributed by atoms with Crippen LogP contribution in [-0.4, -0.2) is 25.0 Å². The van der Waals surface area contributed by atoms with Gasteiger partial charge in [0.25, 0.3) is 0 Å². The average Bonchev–Trinajstić information content (AvgIpc) is 2.87. The first-order valence-corrected chi connectivity index (χ1v) is 9.86. The molecule has 0 saturated heterocycles. The summed E-state index contributed by atoms with van der Waals surface area (Å²) in [4.78, 5) is 0. The van der Waals surface area contributed by atoms with Gasteiger partial charge in [0.2, 0.25) is 10.0 Å². The van der Waals surface area contributed by atoms with Crippen LogP contribution in [0.15, 0.2) is 30.3 Å². The third kappa shape index (κ3) is 4.06. The Bertz CT molecular complexity index is 524. The van der Waals surface area contributed by atoms with Gasteiger partial charge < -0.3 is 0 Å². The van der Waals surface area contributed by atoms with E-state index < -0.39 is 10.0 Å². The maximum atomic E-state index is 12.4. The SMILES string of the molecule is CC(CS(=O)(=O)NC1(CBr)CCCC1)c1ccccc1. The Morgan fingerprint density at radius 2 is 1.85 bits per heavy atom. The number of alkyl halides is 1. The lowest BCUT2D eigenvalue weighted by molar-refractivity contribution is 0.437. The molecule has 2 rings (SSSR count). The fraction of sp³-hybridized carbons (Fsp3) is 0.600. The van der Waals surface area contributed by atoms with Crippen LogP contribution in [0.4, 0.5) is 0 Å². The molecular formula is C15H22BrNO2S. The number of sulfonamides is 1. The number of halogens is 1. The summed E-state index contributed by atoms with van der Waals surface area (Å²) >= 11 is 3.47. The fourth-order valence-corrected chi connectivity index (χ4v) is 5.65. The van der Waals surface area contributed by atoms with Crippen molar-refractivity contribution in [3.8, 4) is 0 Å². The number of hydrogen-bond donors (Lipinski definition) is 1. The molecule has 0 aliphatic heterocycles. The quantitative estimate of drug-likeness (QED) is 0.791. The maximum absolute atomic E-state index is 12.4. The highest BCUT2D eigenvalue weighted by Crippen LogP contribution is 2.32. The van der Waals surface area contributed by atoms with E-state index in [1.165, 1.54) is 0 Å². The van der Waals surface area contributed by atoms with Gasteiger partial charge in [-0.15, -0.1) is 0 Å². The molecule has 0 spiro atoms. The minimum absolute atomic E-state index is 0.00229. The van der Waals surface area contributed by atoms with Crippen LogP contribution >= 0.6 is 15.9 Å². The molecule has 0 radical (unpaired) electrons. The topological polar surface area (TPSA) is 46.2 Å². The summed E-state index contributed by atoms with van der Waals surface area (Å²) in [5.41, 5.74) is 0.798. The van der Waals surface area contributed by atoms with Crippen LogP contribution in [0.5, 0.6) is 0 Å². The van der Waals surface area contributed by atoms with E-state index in [0.717, 1.165) is 31.2 Å². The first kappa shape index (κ1) is 16.0. The van der Waals surface area contributed by atoms with Gasteiger partial charge in [0.1, 0.15) is 0 Å². The highest BCUT2D eigenvalue weighted by molar-refractivity contribution is 9.09. The van der Waals surface area contributed by atoms with E-state index >= 15 is 0 Å². The second-order valence-corrected chi connectivity index (χ2v) is 8.14. The summed E-state index contributed by atoms with van der Waals surface area (Å²) in [6.07, 6.45) is 4.05. The molecule has 0 heterocycles. The Hall–Kier alpha value is -0.390. The van der Waals surface area contributed by atoms with Gasteiger partial charge in [-0.25, -0.2) is 13.1 Å². The Morgan fingerprint density at radius 3 is 2.40 bits per heavy atom. The number of rotatable bonds is 6. The molecular weight excluding hydrogens is 338 g/mol. The van der Waals surface area contributed by atoms with Crippen LogP contribution in [0.1, 0.15) is 44.1 Å². The van der Waals surface area contributed by atoms with Crippen LogP contribution in [0.2, 0.25) is 0 Å². The van der Waals surface area contributed by atoms with Crippen molar-refractivity contribution >= 4 is 26.0 Å². The molecule has 1 aliphatic carbocycles. The van der Waals surface area contributed by atoms with Gasteiger partial charge in [0.05, 0.1) is 5.75 Å². The number of hydrogen-bond acceptors (Lipinski definition) is 2. The summed E-state index contributed by atoms with van der Waals surface area (Å²) in [6, 6.07) is 9.80. The normalized spacial score (nSPS) is 19.9. The molecule has 5 heteroatoms. The van der Waals surface area contributed by atoms with Crippen molar-refractivity contribution in [1.82, 2.24) is 4.72 Å². The van der Waals surface area contributed by atoms with Crippen LogP contribution in [0, 0.1) is 0 Å². The molecule has 1 N–H and O–H groups in total. The second-order valence-electron chi connectivity index (χ2n) is 5.82. The summed E-state index contributed by atoms with van der Waals surface area (Å²) in [6.45, 7) is 1.96. The third-order valence-corrected chi connectivity index (χ3v) is 6.78. The van der Waals surface area contributed by atoms with Crippen LogP contribution < -0.4 is 4.72 Å². The lowest BCUT2D eigenvalue weighted by Gasteiger charge is -2.28. The van der Waals surface area contributed by atoms with E-state index in [-0.39, 0.29) is 17.2 Å². The summed E-state index contributed by atoms with van der Waals surface area (Å²) in [5.74, 6) is 0.147. The van der Waals surface area contributed by atoms with Gasteiger partial charge in [-0.3, -0.25) is 0 Å². The van der Waals surface area contributed by atoms with Gasteiger partial charge in [0.15, 0.2) is 0 Å². The van der Waals surface area contributed by atoms with Crippen molar-refractivity contribution in [2.75, 3.05) is 11.1 Å². The van der Waals surface area contributed by atoms with Crippen molar-refractivity contribution < 1.29 is 8.42 Å². The molecule has 1 atom stereocenters. The summed E-state index contributed by atoms with van der Waals surface area (Å²) in [5, 5.41) is 0.693. The van der Waals surface area contributed by atoms with Gasteiger partial charge >= 0.3 is 0 Å². The van der Waals surface area contributed by atoms with Gasteiger partial charge in [-0.2, -0.15) is 0 Å². The standard InChI is InChI=1S/C15H22BrNO2S/c1-13(14-7-3-2-4-8-14)11-20(18,19)17-15(12-16)9-5-6-10-15/h2-4,7-8,13,17H,5-6,9-12H2,1H3. The third-order valence-electron chi connectivity index (χ3n) is 4.03. The lowest BCUT2D eigenvalue weighted by Crippen LogP contribution is -2.48. The zero-order valence-electron chi connectivity index (χ0n) is 11.8. The smallest absolute Gasteiger partial charge is 0.212 e. The molecule has 1 unspecified atom stereocenters. The Balaban J connectivity index is 2.04. The minimum atomic E-state index is -3.26. The Morgan fingerprint density at radius 1 is 1.25 bits per heavy atom. The van der Waals surface area contributed by atoms with Crippen LogP contribution in [0.3, 0.4) is 0 Å². The average molecular weight is 360 g/mol. The molecule has 1 aromatic rings. The zero-order valence-corrected chi connectivity index (χ0v) is 14.2. The van der Waals surface area contributed by atoms with Crippen LogP contribution in [0.25, 0.3) is 0 Å². The van der Waals surface area contributed by atoms with Gasteiger partial charge in [-0.1, -0.05) is 66.0 Å². The predicted molar refractivity (Wildman–Crippen MR) is 86.8 cm³/mol. The lowest BCUT2D eigenvalue weighted by atomic mass is 10.0. The van der Waals surface area contributed by atoms with E-state index in [1.807, 2.05) is 37.3 Å². The Labute approximate surface area is 130 Å². The molecule has 1 aromatic carbocycles. The largest absolute Gasteiger partial charge is 0.212 e. The van der Waals surface area contributed by atoms with Gasteiger partial charge in [-0.05, 0) is 24.3 Å². The van der Waals surface area contributed by atoms with Crippen LogP contribution in [-0.2, 0) is 10.0 Å². The molecule has 1 fully saturated rings. The van der Waals surface area contributed by atoms with Crippen molar-refractivity contribution in [1.29, 1.82) is 0 Å². The Kier molecular flexibility index (Phi) is 5.26. The van der Waals surface area contributed by atoms with Crippen molar-refractivity contribution in [2.24, 2.45) is 0 Å². The molecule has 1 aliphatic rings. The minimum Gasteiger partial charge on any atom is -0.212 e. The molecule has 0 bridgehead atoms. The molecule has 3 nitrogen and oxygen atoms in total. The summed E-state index contributed by atoms with van der Waals surface area (Å²) in [7, 11) is -3.26. The van der Waals surface area contributed by atoms with Crippen molar-refractivity contribution in [2.45, 2.75) is 44.1 Å². The molecule has 1 saturated carbocycles. The second kappa shape index (κ2) is 6.58. The van der Waals surface area contributed by atoms with E-state index in [2.05, 4.69) is 20.7 Å². The van der Waals surface area contributed by atoms with E-state index in [0.29, 0.717) is 5.33 Å². The maximum Gasteiger partial charge on any atom is 0.212 e. The monoisotopic (exact) mass is 359 g/mol. The van der Waals surface area contributed by atoms with Crippen molar-refractivity contribution in [3.63, 3.8) is 0 Å². The summed E-state index contributed by atoms with van der Waals surface area (Å²) < 4.78 is 27.7. The van der Waals surface area contributed by atoms with E-state index in [9.17, 15) is 8.42 Å². The zero-order chi connectivity index (χ0) is 14.6. The predicted octanol–water partition coefficient (Wildman–Crippen LogP) is 3.42. The molecule has 112 valence electrons.